The number of aromatic nitrogens is 1. The summed E-state index contributed by atoms with van der Waals surface area (Å²) in [5.41, 5.74) is 1.29. The first kappa shape index (κ1) is 22.8. The van der Waals surface area contributed by atoms with Gasteiger partial charge in [0.15, 0.2) is 0 Å². The van der Waals surface area contributed by atoms with Gasteiger partial charge in [0.05, 0.1) is 27.8 Å². The highest BCUT2D eigenvalue weighted by Gasteiger charge is 2.30. The number of rotatable bonds is 8. The van der Waals surface area contributed by atoms with Crippen LogP contribution >= 0.6 is 11.3 Å². The normalized spacial score (nSPS) is 11.4. The molecule has 1 heterocycles. The minimum atomic E-state index is -4.38. The monoisotopic (exact) mass is 448 g/mol. The third-order valence-electron chi connectivity index (χ3n) is 4.72. The van der Waals surface area contributed by atoms with Crippen molar-refractivity contribution in [2.45, 2.75) is 45.6 Å². The second-order valence-electron chi connectivity index (χ2n) is 6.92. The van der Waals surface area contributed by atoms with Crippen LogP contribution in [0.25, 0.3) is 10.6 Å². The summed E-state index contributed by atoms with van der Waals surface area (Å²) in [5.74, 6) is 0.442. The Bertz CT molecular complexity index is 1070. The highest BCUT2D eigenvalue weighted by Crippen LogP contribution is 2.34. The van der Waals surface area contributed by atoms with Gasteiger partial charge < -0.3 is 4.74 Å². The summed E-state index contributed by atoms with van der Waals surface area (Å²) in [6.07, 6.45) is -1.75. The number of aryl methyl sites for hydroxylation is 1. The van der Waals surface area contributed by atoms with Gasteiger partial charge >= 0.3 is 6.18 Å². The zero-order valence-corrected chi connectivity index (χ0v) is 17.6. The van der Waals surface area contributed by atoms with Crippen molar-refractivity contribution in [2.75, 3.05) is 0 Å². The number of nitriles is 1. The highest BCUT2D eigenvalue weighted by atomic mass is 32.1. The van der Waals surface area contributed by atoms with Gasteiger partial charge in [0.25, 0.3) is 0 Å². The Morgan fingerprint density at radius 1 is 1.13 bits per heavy atom. The van der Waals surface area contributed by atoms with Crippen LogP contribution in [-0.4, -0.2) is 4.98 Å². The lowest BCUT2D eigenvalue weighted by molar-refractivity contribution is -0.137. The third kappa shape index (κ3) is 5.61. The molecule has 162 valence electrons. The molecule has 0 N–H and O–H groups in total. The minimum absolute atomic E-state index is 0.203. The van der Waals surface area contributed by atoms with E-state index >= 15 is 0 Å². The number of nitrogens with zero attached hydrogens (tertiary/aromatic N) is 2. The number of unbranched alkanes of at least 4 members (excludes halogenated alkanes) is 1. The molecule has 0 bridgehead atoms. The summed E-state index contributed by atoms with van der Waals surface area (Å²) in [5, 5.41) is 9.64. The average molecular weight is 448 g/mol. The molecular weight excluding hydrogens is 428 g/mol. The van der Waals surface area contributed by atoms with Crippen LogP contribution in [0.15, 0.2) is 42.5 Å². The van der Waals surface area contributed by atoms with Crippen LogP contribution in [0.5, 0.6) is 5.75 Å². The Morgan fingerprint density at radius 3 is 2.48 bits per heavy atom. The SMILES string of the molecule is CCCCc1nc(-c2ccc(C(F)(F)F)cc2)sc1COc1ccc(C#N)c(CF)c1. The Hall–Kier alpha value is -2.92. The summed E-state index contributed by atoms with van der Waals surface area (Å²) in [6.45, 7) is 1.50. The second-order valence-corrected chi connectivity index (χ2v) is 8.00. The van der Waals surface area contributed by atoms with Crippen molar-refractivity contribution < 1.29 is 22.3 Å². The number of halogens is 4. The zero-order chi connectivity index (χ0) is 22.4. The molecule has 1 aromatic heterocycles. The Balaban J connectivity index is 1.83. The van der Waals surface area contributed by atoms with E-state index in [1.165, 1.54) is 35.6 Å². The van der Waals surface area contributed by atoms with Gasteiger partial charge in [-0.3, -0.25) is 0 Å². The van der Waals surface area contributed by atoms with Crippen molar-refractivity contribution in [1.29, 1.82) is 5.26 Å². The first-order chi connectivity index (χ1) is 14.9. The van der Waals surface area contributed by atoms with Crippen molar-refractivity contribution >= 4 is 11.3 Å². The van der Waals surface area contributed by atoms with Gasteiger partial charge in [0.2, 0.25) is 0 Å². The van der Waals surface area contributed by atoms with E-state index in [1.807, 2.05) is 6.07 Å². The molecule has 2 aromatic carbocycles. The van der Waals surface area contributed by atoms with E-state index in [2.05, 4.69) is 11.9 Å². The van der Waals surface area contributed by atoms with Crippen LogP contribution in [0.4, 0.5) is 17.6 Å². The van der Waals surface area contributed by atoms with Crippen LogP contribution in [0.2, 0.25) is 0 Å². The lowest BCUT2D eigenvalue weighted by Crippen LogP contribution is -2.03. The van der Waals surface area contributed by atoms with E-state index in [-0.39, 0.29) is 17.7 Å². The minimum Gasteiger partial charge on any atom is -0.488 e. The van der Waals surface area contributed by atoms with Gasteiger partial charge in [-0.25, -0.2) is 9.37 Å². The van der Waals surface area contributed by atoms with Crippen molar-refractivity contribution in [3.63, 3.8) is 0 Å². The van der Waals surface area contributed by atoms with E-state index in [9.17, 15) is 17.6 Å². The Labute approximate surface area is 181 Å². The molecule has 3 aromatic rings. The fraction of sp³-hybridized carbons (Fsp3) is 0.304. The molecule has 0 fully saturated rings. The summed E-state index contributed by atoms with van der Waals surface area (Å²) < 4.78 is 57.4. The van der Waals surface area contributed by atoms with E-state index in [0.717, 1.165) is 42.0 Å². The summed E-state index contributed by atoms with van der Waals surface area (Å²) in [4.78, 5) is 5.51. The number of hydrogen-bond acceptors (Lipinski definition) is 4. The fourth-order valence-electron chi connectivity index (χ4n) is 2.99. The maximum Gasteiger partial charge on any atom is 0.416 e. The molecular formula is C23H20F4N2OS. The number of ether oxygens (including phenoxy) is 1. The van der Waals surface area contributed by atoms with E-state index in [1.54, 1.807) is 6.07 Å². The molecule has 0 spiro atoms. The topological polar surface area (TPSA) is 45.9 Å². The molecule has 0 aliphatic carbocycles. The first-order valence-corrected chi connectivity index (χ1v) is 10.5. The van der Waals surface area contributed by atoms with Crippen LogP contribution in [0, 0.1) is 11.3 Å². The Kier molecular flexibility index (Phi) is 7.29. The van der Waals surface area contributed by atoms with Gasteiger partial charge in [-0.1, -0.05) is 25.5 Å². The largest absolute Gasteiger partial charge is 0.488 e. The smallest absolute Gasteiger partial charge is 0.416 e. The number of benzene rings is 2. The fourth-order valence-corrected chi connectivity index (χ4v) is 4.02. The van der Waals surface area contributed by atoms with E-state index < -0.39 is 18.4 Å². The molecule has 0 amide bonds. The molecule has 31 heavy (non-hydrogen) atoms. The number of thiazole rings is 1. The molecule has 0 aliphatic rings. The predicted octanol–water partition coefficient (Wildman–Crippen LogP) is 7.09. The molecule has 3 rings (SSSR count). The van der Waals surface area contributed by atoms with Crippen molar-refractivity contribution in [3.05, 3.63) is 69.7 Å². The molecule has 3 nitrogen and oxygen atoms in total. The van der Waals surface area contributed by atoms with Gasteiger partial charge in [0, 0.05) is 11.1 Å². The van der Waals surface area contributed by atoms with E-state index in [4.69, 9.17) is 10.00 Å². The van der Waals surface area contributed by atoms with Crippen molar-refractivity contribution in [2.24, 2.45) is 0 Å². The Morgan fingerprint density at radius 2 is 1.87 bits per heavy atom. The molecule has 8 heteroatoms. The summed E-state index contributed by atoms with van der Waals surface area (Å²) >= 11 is 1.37. The maximum absolute atomic E-state index is 13.1. The van der Waals surface area contributed by atoms with Gasteiger partial charge in [-0.15, -0.1) is 11.3 Å². The molecule has 0 radical (unpaired) electrons. The van der Waals surface area contributed by atoms with E-state index in [0.29, 0.717) is 16.3 Å². The maximum atomic E-state index is 13.1. The van der Waals surface area contributed by atoms with Crippen LogP contribution in [-0.2, 0) is 25.9 Å². The predicted molar refractivity (Wildman–Crippen MR) is 111 cm³/mol. The van der Waals surface area contributed by atoms with Crippen LogP contribution in [0.3, 0.4) is 0 Å². The summed E-state index contributed by atoms with van der Waals surface area (Å²) in [6, 6.07) is 11.5. The molecule has 0 unspecified atom stereocenters. The highest BCUT2D eigenvalue weighted by molar-refractivity contribution is 7.15. The van der Waals surface area contributed by atoms with Crippen LogP contribution in [0.1, 0.15) is 47.0 Å². The average Bonchev–Trinajstić information content (AvgIpc) is 3.18. The van der Waals surface area contributed by atoms with Crippen molar-refractivity contribution in [1.82, 2.24) is 4.98 Å². The second kappa shape index (κ2) is 9.92. The lowest BCUT2D eigenvalue weighted by Gasteiger charge is -2.08. The standard InChI is InChI=1S/C23H20F4N2OS/c1-2-3-4-20-21(14-30-19-10-7-16(13-28)17(11-19)12-24)31-22(29-20)15-5-8-18(9-6-15)23(25,26)27/h5-11H,2-4,12,14H2,1H3. The quantitative estimate of drug-likeness (QED) is 0.346. The third-order valence-corrected chi connectivity index (χ3v) is 5.84. The molecule has 0 saturated carbocycles. The number of hydrogen-bond donors (Lipinski definition) is 0. The molecule has 0 saturated heterocycles. The molecule has 0 atom stereocenters. The van der Waals surface area contributed by atoms with Crippen LogP contribution < -0.4 is 4.74 Å². The zero-order valence-electron chi connectivity index (χ0n) is 16.8. The summed E-state index contributed by atoms with van der Waals surface area (Å²) in [7, 11) is 0. The van der Waals surface area contributed by atoms with Gasteiger partial charge in [0.1, 0.15) is 24.0 Å². The number of alkyl halides is 4. The van der Waals surface area contributed by atoms with Crippen molar-refractivity contribution in [3.8, 4) is 22.4 Å². The lowest BCUT2D eigenvalue weighted by atomic mass is 10.1. The first-order valence-electron chi connectivity index (χ1n) is 9.73. The van der Waals surface area contributed by atoms with Gasteiger partial charge in [-0.05, 0) is 43.2 Å². The van der Waals surface area contributed by atoms with Gasteiger partial charge in [-0.2, -0.15) is 18.4 Å². The molecule has 0 aliphatic heterocycles.